The molecule has 2 N–H and O–H groups in total. The summed E-state index contributed by atoms with van der Waals surface area (Å²) in [4.78, 5) is 0. The molecule has 0 heterocycles. The van der Waals surface area contributed by atoms with Crippen LogP contribution in [0.5, 0.6) is 5.75 Å². The molecular formula is C19H17NO. The number of nitrogens with one attached hydrogen (secondary N) is 1. The summed E-state index contributed by atoms with van der Waals surface area (Å²) < 4.78 is 0. The molecular weight excluding hydrogens is 258 g/mol. The molecule has 3 rings (SSSR count). The number of aromatic hydroxyl groups is 1. The first-order chi connectivity index (χ1) is 10.3. The molecule has 0 aromatic heterocycles. The van der Waals surface area contributed by atoms with Crippen molar-refractivity contribution in [3.63, 3.8) is 0 Å². The van der Waals surface area contributed by atoms with Gasteiger partial charge < -0.3 is 10.4 Å². The first kappa shape index (κ1) is 13.3. The van der Waals surface area contributed by atoms with Crippen molar-refractivity contribution in [2.24, 2.45) is 0 Å². The first-order valence-electron chi connectivity index (χ1n) is 6.98. The van der Waals surface area contributed by atoms with Gasteiger partial charge in [-0.3, -0.25) is 0 Å². The van der Waals surface area contributed by atoms with Crippen molar-refractivity contribution < 1.29 is 5.11 Å². The van der Waals surface area contributed by atoms with Crippen LogP contribution in [-0.2, 0) is 6.42 Å². The minimum Gasteiger partial charge on any atom is -0.508 e. The van der Waals surface area contributed by atoms with E-state index in [0.717, 1.165) is 23.4 Å². The molecule has 0 saturated carbocycles. The Morgan fingerprint density at radius 2 is 1.38 bits per heavy atom. The number of hydrogen-bond acceptors (Lipinski definition) is 2. The number of anilines is 2. The van der Waals surface area contributed by atoms with Gasteiger partial charge in [-0.1, -0.05) is 42.5 Å². The number of hydrogen-bond donors (Lipinski definition) is 2. The molecule has 0 amide bonds. The first-order valence-corrected chi connectivity index (χ1v) is 6.98. The largest absolute Gasteiger partial charge is 0.508 e. The van der Waals surface area contributed by atoms with Crippen LogP contribution < -0.4 is 5.32 Å². The Bertz CT molecular complexity index is 705. The molecule has 0 atom stereocenters. The van der Waals surface area contributed by atoms with Gasteiger partial charge in [0, 0.05) is 11.4 Å². The summed E-state index contributed by atoms with van der Waals surface area (Å²) in [7, 11) is 0. The third-order valence-electron chi connectivity index (χ3n) is 3.34. The molecule has 0 bridgehead atoms. The van der Waals surface area contributed by atoms with Gasteiger partial charge in [-0.2, -0.15) is 0 Å². The standard InChI is InChI=1S/C19H17NO/c21-19-8-4-5-16(14-19)13-15-9-11-18(12-10-15)20-17-6-2-1-3-7-17/h1-12,14,20-21H,13H2. The van der Waals surface area contributed by atoms with E-state index in [1.54, 1.807) is 12.1 Å². The monoisotopic (exact) mass is 275 g/mol. The van der Waals surface area contributed by atoms with Gasteiger partial charge in [-0.05, 0) is 53.9 Å². The lowest BCUT2D eigenvalue weighted by atomic mass is 10.0. The Hall–Kier alpha value is -2.74. The zero-order chi connectivity index (χ0) is 14.5. The van der Waals surface area contributed by atoms with Crippen LogP contribution in [0.25, 0.3) is 0 Å². The fourth-order valence-corrected chi connectivity index (χ4v) is 2.30. The maximum Gasteiger partial charge on any atom is 0.115 e. The highest BCUT2D eigenvalue weighted by atomic mass is 16.3. The predicted molar refractivity (Wildman–Crippen MR) is 87.1 cm³/mol. The smallest absolute Gasteiger partial charge is 0.115 e. The normalized spacial score (nSPS) is 10.3. The van der Waals surface area contributed by atoms with Crippen molar-refractivity contribution >= 4 is 11.4 Å². The predicted octanol–water partition coefficient (Wildman–Crippen LogP) is 4.73. The Labute approximate surface area is 124 Å². The van der Waals surface area contributed by atoms with E-state index >= 15 is 0 Å². The van der Waals surface area contributed by atoms with E-state index in [1.165, 1.54) is 5.56 Å². The maximum absolute atomic E-state index is 9.49. The average Bonchev–Trinajstić information content (AvgIpc) is 2.50. The summed E-state index contributed by atoms with van der Waals surface area (Å²) in [6.45, 7) is 0. The van der Waals surface area contributed by atoms with Crippen molar-refractivity contribution in [3.8, 4) is 5.75 Å². The zero-order valence-electron chi connectivity index (χ0n) is 11.7. The topological polar surface area (TPSA) is 32.3 Å². The molecule has 0 fully saturated rings. The number of para-hydroxylation sites is 1. The highest BCUT2D eigenvalue weighted by molar-refractivity contribution is 5.59. The molecule has 0 aliphatic rings. The molecule has 0 unspecified atom stereocenters. The van der Waals surface area contributed by atoms with Crippen molar-refractivity contribution in [1.82, 2.24) is 0 Å². The maximum atomic E-state index is 9.49. The lowest BCUT2D eigenvalue weighted by Gasteiger charge is -2.08. The minimum atomic E-state index is 0.315. The molecule has 0 aliphatic heterocycles. The van der Waals surface area contributed by atoms with Crippen LogP contribution in [0.15, 0.2) is 78.9 Å². The van der Waals surface area contributed by atoms with E-state index in [9.17, 15) is 5.11 Å². The molecule has 2 heteroatoms. The molecule has 3 aromatic carbocycles. The number of rotatable bonds is 4. The van der Waals surface area contributed by atoms with Gasteiger partial charge in [0.2, 0.25) is 0 Å². The summed E-state index contributed by atoms with van der Waals surface area (Å²) in [6, 6.07) is 25.9. The Balaban J connectivity index is 1.69. The quantitative estimate of drug-likeness (QED) is 0.721. The molecule has 104 valence electrons. The summed E-state index contributed by atoms with van der Waals surface area (Å²) in [5, 5.41) is 12.9. The van der Waals surface area contributed by atoms with Crippen molar-refractivity contribution in [1.29, 1.82) is 0 Å². The number of benzene rings is 3. The molecule has 0 radical (unpaired) electrons. The lowest BCUT2D eigenvalue weighted by molar-refractivity contribution is 0.474. The van der Waals surface area contributed by atoms with Gasteiger partial charge in [0.25, 0.3) is 0 Å². The summed E-state index contributed by atoms with van der Waals surface area (Å²) >= 11 is 0. The second kappa shape index (κ2) is 6.14. The molecule has 3 aromatic rings. The van der Waals surface area contributed by atoms with Crippen molar-refractivity contribution in [2.45, 2.75) is 6.42 Å². The van der Waals surface area contributed by atoms with Crippen LogP contribution in [0, 0.1) is 0 Å². The molecule has 2 nitrogen and oxygen atoms in total. The second-order valence-corrected chi connectivity index (χ2v) is 5.03. The van der Waals surface area contributed by atoms with Crippen molar-refractivity contribution in [2.75, 3.05) is 5.32 Å². The third kappa shape index (κ3) is 3.63. The van der Waals surface area contributed by atoms with Gasteiger partial charge in [0.15, 0.2) is 0 Å². The van der Waals surface area contributed by atoms with Crippen LogP contribution in [0.3, 0.4) is 0 Å². The fraction of sp³-hybridized carbons (Fsp3) is 0.0526. The summed E-state index contributed by atoms with van der Waals surface area (Å²) in [6.07, 6.45) is 0.819. The molecule has 21 heavy (non-hydrogen) atoms. The van der Waals surface area contributed by atoms with Gasteiger partial charge in [0.05, 0.1) is 0 Å². The van der Waals surface area contributed by atoms with Crippen molar-refractivity contribution in [3.05, 3.63) is 90.0 Å². The van der Waals surface area contributed by atoms with E-state index in [4.69, 9.17) is 0 Å². The Kier molecular flexibility index (Phi) is 3.88. The Morgan fingerprint density at radius 3 is 2.10 bits per heavy atom. The summed E-state index contributed by atoms with van der Waals surface area (Å²) in [5.74, 6) is 0.315. The van der Waals surface area contributed by atoms with Crippen LogP contribution in [0.2, 0.25) is 0 Å². The Morgan fingerprint density at radius 1 is 0.667 bits per heavy atom. The van der Waals surface area contributed by atoms with E-state index in [-0.39, 0.29) is 0 Å². The van der Waals surface area contributed by atoms with Gasteiger partial charge in [-0.15, -0.1) is 0 Å². The van der Waals surface area contributed by atoms with Crippen LogP contribution in [-0.4, -0.2) is 5.11 Å². The molecule has 0 spiro atoms. The summed E-state index contributed by atoms with van der Waals surface area (Å²) in [5.41, 5.74) is 4.48. The SMILES string of the molecule is Oc1cccc(Cc2ccc(Nc3ccccc3)cc2)c1. The average molecular weight is 275 g/mol. The number of phenolic OH excluding ortho intramolecular Hbond substituents is 1. The zero-order valence-corrected chi connectivity index (χ0v) is 11.7. The highest BCUT2D eigenvalue weighted by Crippen LogP contribution is 2.19. The third-order valence-corrected chi connectivity index (χ3v) is 3.34. The number of phenols is 1. The molecule has 0 aliphatic carbocycles. The molecule has 0 saturated heterocycles. The van der Waals surface area contributed by atoms with E-state index in [2.05, 4.69) is 29.6 Å². The van der Waals surface area contributed by atoms with Crippen LogP contribution in [0.1, 0.15) is 11.1 Å². The van der Waals surface area contributed by atoms with Crippen LogP contribution in [0.4, 0.5) is 11.4 Å². The lowest BCUT2D eigenvalue weighted by Crippen LogP contribution is -1.91. The van der Waals surface area contributed by atoms with E-state index in [0.29, 0.717) is 5.75 Å². The van der Waals surface area contributed by atoms with Gasteiger partial charge in [-0.25, -0.2) is 0 Å². The van der Waals surface area contributed by atoms with E-state index in [1.807, 2.05) is 42.5 Å². The van der Waals surface area contributed by atoms with Crippen LogP contribution >= 0.6 is 0 Å². The van der Waals surface area contributed by atoms with Gasteiger partial charge >= 0.3 is 0 Å². The second-order valence-electron chi connectivity index (χ2n) is 5.03. The van der Waals surface area contributed by atoms with Gasteiger partial charge in [0.1, 0.15) is 5.75 Å². The highest BCUT2D eigenvalue weighted by Gasteiger charge is 1.99. The minimum absolute atomic E-state index is 0.315. The van der Waals surface area contributed by atoms with E-state index < -0.39 is 0 Å². The fourth-order valence-electron chi connectivity index (χ4n) is 2.30.